The molecule has 3 rings (SSSR count). The van der Waals surface area contributed by atoms with E-state index < -0.39 is 0 Å². The van der Waals surface area contributed by atoms with E-state index in [1.807, 2.05) is 12.1 Å². The summed E-state index contributed by atoms with van der Waals surface area (Å²) in [5.74, 6) is 1.87. The number of halogens is 1. The summed E-state index contributed by atoms with van der Waals surface area (Å²) < 4.78 is 10.9. The second-order valence-electron chi connectivity index (χ2n) is 7.88. The third-order valence-electron chi connectivity index (χ3n) is 6.07. The Balaban J connectivity index is 0.00000320. The maximum absolute atomic E-state index is 6.22. The van der Waals surface area contributed by atoms with Gasteiger partial charge in [-0.05, 0) is 60.6 Å². The molecule has 5 nitrogen and oxygen atoms in total. The molecule has 1 fully saturated rings. The minimum atomic E-state index is -0.0583. The first-order valence-corrected chi connectivity index (χ1v) is 10.5. The molecule has 1 aliphatic heterocycles. The van der Waals surface area contributed by atoms with Gasteiger partial charge in [0.25, 0.3) is 0 Å². The second-order valence-corrected chi connectivity index (χ2v) is 7.88. The Kier molecular flexibility index (Phi) is 9.42. The van der Waals surface area contributed by atoms with E-state index in [0.29, 0.717) is 18.4 Å². The van der Waals surface area contributed by atoms with E-state index in [4.69, 9.17) is 20.2 Å². The van der Waals surface area contributed by atoms with Gasteiger partial charge in [-0.25, -0.2) is 0 Å². The normalized spacial score (nSPS) is 17.0. The predicted octanol–water partition coefficient (Wildman–Crippen LogP) is 5.30. The minimum Gasteiger partial charge on any atom is -0.497 e. The second kappa shape index (κ2) is 11.6. The Morgan fingerprint density at radius 1 is 1.13 bits per heavy atom. The number of guanidine groups is 1. The average molecular weight is 523 g/mol. The number of rotatable bonds is 7. The van der Waals surface area contributed by atoms with Crippen LogP contribution in [-0.4, -0.2) is 32.8 Å². The number of aliphatic imine (C=N–C) groups is 1. The molecule has 0 aromatic heterocycles. The molecule has 30 heavy (non-hydrogen) atoms. The molecule has 2 aromatic rings. The summed E-state index contributed by atoms with van der Waals surface area (Å²) in [6, 6.07) is 16.7. The zero-order valence-electron chi connectivity index (χ0n) is 18.2. The van der Waals surface area contributed by atoms with Gasteiger partial charge < -0.3 is 20.5 Å². The first-order valence-electron chi connectivity index (χ1n) is 10.5. The highest BCUT2D eigenvalue weighted by Gasteiger charge is 2.34. The van der Waals surface area contributed by atoms with Crippen LogP contribution in [0.1, 0.15) is 50.2 Å². The standard InChI is InChI=1S/C24H33N3O2.HI/c1-4-18(2)19-5-9-21(10-6-19)27-23(25)26-17-24(13-15-29-16-14-24)20-7-11-22(28-3)12-8-20;/h5-12,18H,4,13-17H2,1-3H3,(H3,25,26,27);1H. The van der Waals surface area contributed by atoms with Crippen LogP contribution in [0.25, 0.3) is 0 Å². The number of anilines is 1. The molecule has 1 unspecified atom stereocenters. The van der Waals surface area contributed by atoms with Crippen LogP contribution in [0.3, 0.4) is 0 Å². The molecule has 0 amide bonds. The molecule has 0 radical (unpaired) electrons. The predicted molar refractivity (Wildman–Crippen MR) is 135 cm³/mol. The van der Waals surface area contributed by atoms with Crippen molar-refractivity contribution in [1.82, 2.24) is 0 Å². The van der Waals surface area contributed by atoms with Crippen LogP contribution in [0.2, 0.25) is 0 Å². The quantitative estimate of drug-likeness (QED) is 0.294. The van der Waals surface area contributed by atoms with E-state index in [1.165, 1.54) is 11.1 Å². The van der Waals surface area contributed by atoms with E-state index >= 15 is 0 Å². The van der Waals surface area contributed by atoms with Gasteiger partial charge in [0, 0.05) is 24.3 Å². The Hall–Kier alpha value is -1.80. The van der Waals surface area contributed by atoms with Crippen LogP contribution >= 0.6 is 24.0 Å². The Labute approximate surface area is 197 Å². The van der Waals surface area contributed by atoms with Gasteiger partial charge in [0.05, 0.1) is 13.7 Å². The van der Waals surface area contributed by atoms with E-state index in [1.54, 1.807) is 7.11 Å². The summed E-state index contributed by atoms with van der Waals surface area (Å²) >= 11 is 0. The molecule has 164 valence electrons. The van der Waals surface area contributed by atoms with Crippen LogP contribution in [-0.2, 0) is 10.2 Å². The van der Waals surface area contributed by atoms with Crippen LogP contribution in [0.15, 0.2) is 53.5 Å². The minimum absolute atomic E-state index is 0. The molecular weight excluding hydrogens is 489 g/mol. The summed E-state index contributed by atoms with van der Waals surface area (Å²) in [6.45, 7) is 6.56. The third-order valence-corrected chi connectivity index (χ3v) is 6.07. The lowest BCUT2D eigenvalue weighted by Gasteiger charge is -2.36. The number of nitrogens with two attached hydrogens (primary N) is 1. The van der Waals surface area contributed by atoms with Gasteiger partial charge in [0.2, 0.25) is 0 Å². The molecule has 0 aliphatic carbocycles. The molecule has 6 heteroatoms. The highest BCUT2D eigenvalue weighted by molar-refractivity contribution is 14.0. The number of ether oxygens (including phenoxy) is 2. The highest BCUT2D eigenvalue weighted by Crippen LogP contribution is 2.36. The van der Waals surface area contributed by atoms with Crippen molar-refractivity contribution in [2.24, 2.45) is 10.7 Å². The Bertz CT molecular complexity index is 800. The number of nitrogens with one attached hydrogen (secondary N) is 1. The SMILES string of the molecule is CCC(C)c1ccc(NC(N)=NCC2(c3ccc(OC)cc3)CCOCC2)cc1.I. The van der Waals surface area contributed by atoms with Gasteiger partial charge in [0.15, 0.2) is 5.96 Å². The van der Waals surface area contributed by atoms with E-state index in [-0.39, 0.29) is 29.4 Å². The Morgan fingerprint density at radius 3 is 2.33 bits per heavy atom. The fourth-order valence-electron chi connectivity index (χ4n) is 3.80. The van der Waals surface area contributed by atoms with Crippen molar-refractivity contribution in [1.29, 1.82) is 0 Å². The average Bonchev–Trinajstić information content (AvgIpc) is 2.78. The lowest BCUT2D eigenvalue weighted by atomic mass is 9.74. The highest BCUT2D eigenvalue weighted by atomic mass is 127. The van der Waals surface area contributed by atoms with Crippen molar-refractivity contribution in [3.8, 4) is 5.75 Å². The molecule has 1 saturated heterocycles. The fourth-order valence-corrected chi connectivity index (χ4v) is 3.80. The van der Waals surface area contributed by atoms with Crippen LogP contribution in [0.4, 0.5) is 5.69 Å². The molecule has 1 atom stereocenters. The molecule has 1 aliphatic rings. The van der Waals surface area contributed by atoms with Crippen molar-refractivity contribution in [2.45, 2.75) is 44.4 Å². The van der Waals surface area contributed by atoms with E-state index in [0.717, 1.165) is 43.9 Å². The van der Waals surface area contributed by atoms with Crippen molar-refractivity contribution in [2.75, 3.05) is 32.2 Å². The summed E-state index contributed by atoms with van der Waals surface area (Å²) in [4.78, 5) is 4.70. The number of hydrogen-bond donors (Lipinski definition) is 2. The third kappa shape index (κ3) is 6.11. The molecule has 1 heterocycles. The lowest BCUT2D eigenvalue weighted by Crippen LogP contribution is -2.38. The van der Waals surface area contributed by atoms with Crippen molar-refractivity contribution in [3.05, 3.63) is 59.7 Å². The van der Waals surface area contributed by atoms with Crippen LogP contribution < -0.4 is 15.8 Å². The van der Waals surface area contributed by atoms with Gasteiger partial charge in [-0.1, -0.05) is 38.1 Å². The molecule has 0 bridgehead atoms. The first-order chi connectivity index (χ1) is 14.1. The van der Waals surface area contributed by atoms with Gasteiger partial charge >= 0.3 is 0 Å². The summed E-state index contributed by atoms with van der Waals surface area (Å²) in [7, 11) is 1.69. The topological polar surface area (TPSA) is 68.9 Å². The molecular formula is C24H34IN3O2. The van der Waals surface area contributed by atoms with Gasteiger partial charge in [-0.3, -0.25) is 4.99 Å². The van der Waals surface area contributed by atoms with Gasteiger partial charge in [-0.15, -0.1) is 24.0 Å². The zero-order valence-corrected chi connectivity index (χ0v) is 20.5. The molecule has 0 spiro atoms. The first kappa shape index (κ1) is 24.5. The van der Waals surface area contributed by atoms with Crippen molar-refractivity contribution in [3.63, 3.8) is 0 Å². The maximum atomic E-state index is 6.22. The van der Waals surface area contributed by atoms with Crippen molar-refractivity contribution >= 4 is 35.6 Å². The van der Waals surface area contributed by atoms with E-state index in [2.05, 4.69) is 55.6 Å². The van der Waals surface area contributed by atoms with Gasteiger partial charge in [0.1, 0.15) is 5.75 Å². The van der Waals surface area contributed by atoms with E-state index in [9.17, 15) is 0 Å². The number of benzene rings is 2. The number of hydrogen-bond acceptors (Lipinski definition) is 3. The van der Waals surface area contributed by atoms with Crippen molar-refractivity contribution < 1.29 is 9.47 Å². The molecule has 3 N–H and O–H groups in total. The maximum Gasteiger partial charge on any atom is 0.193 e. The lowest BCUT2D eigenvalue weighted by molar-refractivity contribution is 0.0531. The molecule has 2 aromatic carbocycles. The zero-order chi connectivity index (χ0) is 20.7. The summed E-state index contributed by atoms with van der Waals surface area (Å²) in [5, 5.41) is 3.23. The number of methoxy groups -OCH3 is 1. The van der Waals surface area contributed by atoms with Crippen LogP contribution in [0, 0.1) is 0 Å². The van der Waals surface area contributed by atoms with Gasteiger partial charge in [-0.2, -0.15) is 0 Å². The monoisotopic (exact) mass is 523 g/mol. The largest absolute Gasteiger partial charge is 0.497 e. The summed E-state index contributed by atoms with van der Waals surface area (Å²) in [5.41, 5.74) is 9.72. The Morgan fingerprint density at radius 2 is 1.77 bits per heavy atom. The molecule has 0 saturated carbocycles. The van der Waals surface area contributed by atoms with Crippen LogP contribution in [0.5, 0.6) is 5.75 Å². The smallest absolute Gasteiger partial charge is 0.193 e. The number of nitrogens with zero attached hydrogens (tertiary/aromatic N) is 1. The fraction of sp³-hybridized carbons (Fsp3) is 0.458. The summed E-state index contributed by atoms with van der Waals surface area (Å²) in [6.07, 6.45) is 2.99.